The van der Waals surface area contributed by atoms with Crippen molar-refractivity contribution in [1.29, 1.82) is 0 Å². The van der Waals surface area contributed by atoms with E-state index in [9.17, 15) is 0 Å². The zero-order valence-corrected chi connectivity index (χ0v) is 35.1. The molecule has 1 heterocycles. The largest absolute Gasteiger partial charge is 0.311 e. The molecule has 0 amide bonds. The highest BCUT2D eigenvalue weighted by Gasteiger charge is 2.20. The Balaban J connectivity index is 0.957. The molecular weight excluding hydrogens is 773 g/mol. The quantitative estimate of drug-likeness (QED) is 0.148. The van der Waals surface area contributed by atoms with Gasteiger partial charge in [0.2, 0.25) is 0 Å². The Morgan fingerprint density at radius 1 is 0.266 bits per heavy atom. The summed E-state index contributed by atoms with van der Waals surface area (Å²) in [5.74, 6) is 0. The van der Waals surface area contributed by atoms with E-state index in [-0.39, 0.29) is 0 Å². The third-order valence-corrected chi connectivity index (χ3v) is 12.8. The maximum Gasteiger partial charge on any atom is 0.0619 e. The minimum atomic E-state index is 1.08. The average Bonchev–Trinajstić information content (AvgIpc) is 3.71. The molecule has 12 rings (SSSR count). The van der Waals surface area contributed by atoms with E-state index in [0.717, 1.165) is 28.3 Å². The first-order valence-electron chi connectivity index (χ1n) is 22.0. The van der Waals surface area contributed by atoms with Crippen LogP contribution in [0.3, 0.4) is 0 Å². The molecule has 0 atom stereocenters. The van der Waals surface area contributed by atoms with Crippen LogP contribution in [-0.4, -0.2) is 4.57 Å². The van der Waals surface area contributed by atoms with E-state index < -0.39 is 0 Å². The van der Waals surface area contributed by atoms with Crippen molar-refractivity contribution in [2.75, 3.05) is 4.90 Å². The minimum Gasteiger partial charge on any atom is -0.311 e. The van der Waals surface area contributed by atoms with Gasteiger partial charge in [0.1, 0.15) is 0 Å². The van der Waals surface area contributed by atoms with Gasteiger partial charge in [-0.1, -0.05) is 194 Å². The van der Waals surface area contributed by atoms with Crippen LogP contribution in [0.5, 0.6) is 0 Å². The molecule has 0 radical (unpaired) electrons. The molecule has 0 aliphatic heterocycles. The standard InChI is InChI=1S/C62H42N2/c1-2-15-47(16-3-1)57-21-12-22-59-58-20-9-11-24-61(58)64(62(57)59)60-23-10-8-19-56(60)48-33-39-55(40-34-48)63(53-35-29-45(30-36-53)51-27-25-43-13-4-6-17-49(43)41-51)54-37-31-46(32-38-54)52-28-26-44-14-5-7-18-50(44)42-52/h1-42H. The number of rotatable bonds is 8. The monoisotopic (exact) mass is 814 g/mol. The summed E-state index contributed by atoms with van der Waals surface area (Å²) in [5, 5.41) is 7.48. The van der Waals surface area contributed by atoms with Crippen molar-refractivity contribution in [3.8, 4) is 50.2 Å². The Morgan fingerprint density at radius 3 is 1.31 bits per heavy atom. The second-order valence-corrected chi connectivity index (χ2v) is 16.5. The molecule has 2 heteroatoms. The van der Waals surface area contributed by atoms with Crippen LogP contribution in [0.4, 0.5) is 17.1 Å². The second-order valence-electron chi connectivity index (χ2n) is 16.5. The number of fused-ring (bicyclic) bond motifs is 5. The van der Waals surface area contributed by atoms with E-state index in [2.05, 4.69) is 264 Å². The second kappa shape index (κ2) is 15.8. The highest BCUT2D eigenvalue weighted by molar-refractivity contribution is 6.14. The van der Waals surface area contributed by atoms with Gasteiger partial charge in [0.15, 0.2) is 0 Å². The number of hydrogen-bond acceptors (Lipinski definition) is 1. The average molecular weight is 815 g/mol. The minimum absolute atomic E-state index is 1.08. The lowest BCUT2D eigenvalue weighted by Crippen LogP contribution is -2.09. The molecule has 0 unspecified atom stereocenters. The molecule has 0 aliphatic rings. The van der Waals surface area contributed by atoms with E-state index in [1.807, 2.05) is 0 Å². The third kappa shape index (κ3) is 6.61. The molecule has 1 aromatic heterocycles. The number of anilines is 3. The van der Waals surface area contributed by atoms with E-state index in [4.69, 9.17) is 0 Å². The Bertz CT molecular complexity index is 3520. The fourth-order valence-corrected chi connectivity index (χ4v) is 9.61. The smallest absolute Gasteiger partial charge is 0.0619 e. The van der Waals surface area contributed by atoms with Crippen LogP contribution in [0, 0.1) is 0 Å². The lowest BCUT2D eigenvalue weighted by Gasteiger charge is -2.26. The predicted molar refractivity (Wildman–Crippen MR) is 272 cm³/mol. The van der Waals surface area contributed by atoms with Gasteiger partial charge in [-0.25, -0.2) is 0 Å². The van der Waals surface area contributed by atoms with Crippen LogP contribution in [0.25, 0.3) is 93.5 Å². The van der Waals surface area contributed by atoms with Crippen LogP contribution < -0.4 is 4.90 Å². The van der Waals surface area contributed by atoms with Gasteiger partial charge in [-0.15, -0.1) is 0 Å². The van der Waals surface area contributed by atoms with Crippen LogP contribution in [-0.2, 0) is 0 Å². The SMILES string of the molecule is c1ccc(-c2cccc3c4ccccc4n(-c4ccccc4-c4ccc(N(c5ccc(-c6ccc7ccccc7c6)cc5)c5ccc(-c6ccc7ccccc7c6)cc5)cc4)c23)cc1. The highest BCUT2D eigenvalue weighted by Crippen LogP contribution is 2.42. The number of para-hydroxylation sites is 3. The first-order valence-corrected chi connectivity index (χ1v) is 22.0. The van der Waals surface area contributed by atoms with Gasteiger partial charge in [-0.3, -0.25) is 0 Å². The van der Waals surface area contributed by atoms with Gasteiger partial charge in [-0.05, 0) is 116 Å². The number of benzene rings is 11. The first kappa shape index (κ1) is 37.3. The van der Waals surface area contributed by atoms with Crippen molar-refractivity contribution in [2.24, 2.45) is 0 Å². The molecule has 0 aliphatic carbocycles. The Hall–Kier alpha value is -8.46. The van der Waals surface area contributed by atoms with Crippen molar-refractivity contribution < 1.29 is 0 Å². The van der Waals surface area contributed by atoms with Gasteiger partial charge in [0, 0.05) is 39.0 Å². The van der Waals surface area contributed by atoms with Crippen molar-refractivity contribution in [1.82, 2.24) is 4.57 Å². The normalized spacial score (nSPS) is 11.4. The number of aromatic nitrogens is 1. The van der Waals surface area contributed by atoms with Gasteiger partial charge in [-0.2, -0.15) is 0 Å². The van der Waals surface area contributed by atoms with Crippen molar-refractivity contribution >= 4 is 60.4 Å². The van der Waals surface area contributed by atoms with Crippen molar-refractivity contribution in [3.63, 3.8) is 0 Å². The van der Waals surface area contributed by atoms with Gasteiger partial charge in [0.05, 0.1) is 16.7 Å². The van der Waals surface area contributed by atoms with Crippen molar-refractivity contribution in [2.45, 2.75) is 0 Å². The molecule has 12 aromatic rings. The molecule has 0 saturated carbocycles. The zero-order valence-electron chi connectivity index (χ0n) is 35.1. The summed E-state index contributed by atoms with van der Waals surface area (Å²) in [6.07, 6.45) is 0. The molecule has 0 N–H and O–H groups in total. The van der Waals surface area contributed by atoms with Crippen molar-refractivity contribution in [3.05, 3.63) is 255 Å². The summed E-state index contributed by atoms with van der Waals surface area (Å²) >= 11 is 0. The number of hydrogen-bond donors (Lipinski definition) is 0. The summed E-state index contributed by atoms with van der Waals surface area (Å²) in [6.45, 7) is 0. The topological polar surface area (TPSA) is 8.17 Å². The summed E-state index contributed by atoms with van der Waals surface area (Å²) < 4.78 is 2.47. The van der Waals surface area contributed by atoms with E-state index in [0.29, 0.717) is 0 Å². The molecule has 0 spiro atoms. The Labute approximate surface area is 373 Å². The molecule has 11 aromatic carbocycles. The fourth-order valence-electron chi connectivity index (χ4n) is 9.61. The molecule has 64 heavy (non-hydrogen) atoms. The molecule has 0 bridgehead atoms. The molecule has 0 saturated heterocycles. The Morgan fingerprint density at radius 2 is 0.703 bits per heavy atom. The highest BCUT2D eigenvalue weighted by atomic mass is 15.1. The molecule has 0 fully saturated rings. The predicted octanol–water partition coefficient (Wildman–Crippen LogP) is 17.2. The lowest BCUT2D eigenvalue weighted by molar-refractivity contribution is 1.18. The number of nitrogens with zero attached hydrogens (tertiary/aromatic N) is 2. The maximum absolute atomic E-state index is 2.47. The summed E-state index contributed by atoms with van der Waals surface area (Å²) in [7, 11) is 0. The summed E-state index contributed by atoms with van der Waals surface area (Å²) in [6, 6.07) is 92.7. The summed E-state index contributed by atoms with van der Waals surface area (Å²) in [4.78, 5) is 2.36. The molecular formula is C62H42N2. The molecule has 300 valence electrons. The lowest BCUT2D eigenvalue weighted by atomic mass is 9.99. The van der Waals surface area contributed by atoms with E-state index in [1.54, 1.807) is 0 Å². The van der Waals surface area contributed by atoms with E-state index in [1.165, 1.54) is 82.3 Å². The fraction of sp³-hybridized carbons (Fsp3) is 0. The van der Waals surface area contributed by atoms with Gasteiger partial charge in [0.25, 0.3) is 0 Å². The van der Waals surface area contributed by atoms with Crippen LogP contribution >= 0.6 is 0 Å². The zero-order chi connectivity index (χ0) is 42.4. The van der Waals surface area contributed by atoms with Crippen LogP contribution in [0.2, 0.25) is 0 Å². The van der Waals surface area contributed by atoms with Crippen LogP contribution in [0.1, 0.15) is 0 Å². The van der Waals surface area contributed by atoms with E-state index >= 15 is 0 Å². The maximum atomic E-state index is 2.47. The van der Waals surface area contributed by atoms with Gasteiger partial charge >= 0.3 is 0 Å². The van der Waals surface area contributed by atoms with Crippen LogP contribution in [0.15, 0.2) is 255 Å². The molecule has 2 nitrogen and oxygen atoms in total. The Kier molecular flexibility index (Phi) is 9.20. The third-order valence-electron chi connectivity index (χ3n) is 12.8. The van der Waals surface area contributed by atoms with Gasteiger partial charge < -0.3 is 9.47 Å². The first-order chi connectivity index (χ1) is 31.7. The summed E-state index contributed by atoms with van der Waals surface area (Å²) in [5.41, 5.74) is 16.4.